The van der Waals surface area contributed by atoms with E-state index in [-0.39, 0.29) is 11.4 Å². The van der Waals surface area contributed by atoms with Gasteiger partial charge in [-0.2, -0.15) is 0 Å². The molecule has 2 aromatic carbocycles. The fourth-order valence-electron chi connectivity index (χ4n) is 3.45. The van der Waals surface area contributed by atoms with Crippen LogP contribution in [0.1, 0.15) is 18.0 Å². The van der Waals surface area contributed by atoms with Crippen LogP contribution in [0.2, 0.25) is 0 Å². The second-order valence-electron chi connectivity index (χ2n) is 6.91. The minimum absolute atomic E-state index is 0.282. The van der Waals surface area contributed by atoms with Gasteiger partial charge in [-0.05, 0) is 31.2 Å². The van der Waals surface area contributed by atoms with Crippen LogP contribution in [0.4, 0.5) is 4.39 Å². The van der Waals surface area contributed by atoms with Crippen LogP contribution in [0.25, 0.3) is 0 Å². The number of piperazine rings is 1. The predicted octanol–water partition coefficient (Wildman–Crippen LogP) is 2.48. The zero-order chi connectivity index (χ0) is 19.3. The summed E-state index contributed by atoms with van der Waals surface area (Å²) in [5, 5.41) is 0. The van der Waals surface area contributed by atoms with E-state index in [4.69, 9.17) is 0 Å². The van der Waals surface area contributed by atoms with Gasteiger partial charge in [0.15, 0.2) is 0 Å². The van der Waals surface area contributed by atoms with Gasteiger partial charge in [0.2, 0.25) is 10.0 Å². The molecular formula is C20H26FN3O2S. The summed E-state index contributed by atoms with van der Waals surface area (Å²) < 4.78 is 40.8. The minimum Gasteiger partial charge on any atom is -0.303 e. The molecule has 0 aliphatic carbocycles. The van der Waals surface area contributed by atoms with E-state index in [1.807, 2.05) is 18.2 Å². The maximum atomic E-state index is 13.7. The number of halogens is 1. The molecule has 0 amide bonds. The van der Waals surface area contributed by atoms with Crippen LogP contribution < -0.4 is 4.72 Å². The fourth-order valence-corrected chi connectivity index (χ4v) is 4.60. The number of likely N-dealkylation sites (N-methyl/N-ethyl adjacent to an activating group) is 1. The maximum Gasteiger partial charge on any atom is 0.243 e. The molecule has 146 valence electrons. The summed E-state index contributed by atoms with van der Waals surface area (Å²) in [5.41, 5.74) is 1.27. The average molecular weight is 392 g/mol. The summed E-state index contributed by atoms with van der Waals surface area (Å²) in [6, 6.07) is 16.1. The normalized spacial score (nSPS) is 19.3. The fraction of sp³-hybridized carbons (Fsp3) is 0.400. The van der Waals surface area contributed by atoms with Crippen LogP contribution in [0, 0.1) is 5.82 Å². The lowest BCUT2D eigenvalue weighted by molar-refractivity contribution is 0.0892. The molecule has 5 nitrogen and oxygen atoms in total. The van der Waals surface area contributed by atoms with Gasteiger partial charge in [-0.1, -0.05) is 42.5 Å². The van der Waals surface area contributed by atoms with Crippen LogP contribution in [0.15, 0.2) is 59.5 Å². The lowest BCUT2D eigenvalue weighted by Crippen LogP contribution is -2.47. The maximum absolute atomic E-state index is 13.7. The molecule has 27 heavy (non-hydrogen) atoms. The number of nitrogens with one attached hydrogen (secondary N) is 1. The largest absolute Gasteiger partial charge is 0.303 e. The Bertz CT molecular complexity index is 845. The van der Waals surface area contributed by atoms with Gasteiger partial charge in [-0.3, -0.25) is 4.90 Å². The van der Waals surface area contributed by atoms with Gasteiger partial charge in [-0.15, -0.1) is 0 Å². The van der Waals surface area contributed by atoms with Crippen molar-refractivity contribution in [1.82, 2.24) is 14.5 Å². The molecule has 0 bridgehead atoms. The van der Waals surface area contributed by atoms with Gasteiger partial charge in [-0.25, -0.2) is 17.5 Å². The summed E-state index contributed by atoms with van der Waals surface area (Å²) in [4.78, 5) is 4.41. The van der Waals surface area contributed by atoms with Crippen molar-refractivity contribution in [1.29, 1.82) is 0 Å². The highest BCUT2D eigenvalue weighted by Gasteiger charge is 2.26. The summed E-state index contributed by atoms with van der Waals surface area (Å²) in [5.74, 6) is -0.729. The van der Waals surface area contributed by atoms with Crippen molar-refractivity contribution >= 4 is 10.0 Å². The number of hydrogen-bond acceptors (Lipinski definition) is 4. The van der Waals surface area contributed by atoms with Crippen LogP contribution in [-0.4, -0.2) is 58.0 Å². The number of benzene rings is 2. The molecule has 0 saturated carbocycles. The Labute approximate surface area is 160 Å². The van der Waals surface area contributed by atoms with Gasteiger partial charge >= 0.3 is 0 Å². The average Bonchev–Trinajstić information content (AvgIpc) is 2.67. The second-order valence-corrected chi connectivity index (χ2v) is 8.64. The lowest BCUT2D eigenvalue weighted by Gasteiger charge is -2.40. The monoisotopic (exact) mass is 391 g/mol. The van der Waals surface area contributed by atoms with Crippen LogP contribution >= 0.6 is 0 Å². The first-order chi connectivity index (χ1) is 13.0. The Kier molecular flexibility index (Phi) is 6.59. The number of nitrogens with zero attached hydrogens (tertiary/aromatic N) is 2. The van der Waals surface area contributed by atoms with Gasteiger partial charge in [0, 0.05) is 38.8 Å². The minimum atomic E-state index is -3.82. The number of rotatable bonds is 7. The van der Waals surface area contributed by atoms with Crippen LogP contribution in [0.3, 0.4) is 0 Å². The third kappa shape index (κ3) is 5.13. The van der Waals surface area contributed by atoms with Gasteiger partial charge in [0.25, 0.3) is 0 Å². The molecule has 0 spiro atoms. The van der Waals surface area contributed by atoms with E-state index in [2.05, 4.69) is 33.7 Å². The Balaban J connectivity index is 1.57. The Hall–Kier alpha value is -1.80. The molecular weight excluding hydrogens is 365 g/mol. The number of sulfonamides is 1. The SMILES string of the molecule is CN1CCN(CCCNS(=O)(=O)c2ccccc2F)[C@H](c2ccccc2)C1. The van der Waals surface area contributed by atoms with Crippen molar-refractivity contribution in [2.24, 2.45) is 0 Å². The summed E-state index contributed by atoms with van der Waals surface area (Å²) in [6.07, 6.45) is 0.667. The van der Waals surface area contributed by atoms with E-state index in [1.165, 1.54) is 23.8 Å². The molecule has 1 aliphatic rings. The molecule has 3 rings (SSSR count). The van der Waals surface area contributed by atoms with Crippen LogP contribution in [-0.2, 0) is 10.0 Å². The van der Waals surface area contributed by atoms with Crippen molar-refractivity contribution in [3.05, 3.63) is 66.0 Å². The molecule has 0 aromatic heterocycles. The highest BCUT2D eigenvalue weighted by molar-refractivity contribution is 7.89. The summed E-state index contributed by atoms with van der Waals surface area (Å²) >= 11 is 0. The Morgan fingerprint density at radius 3 is 2.52 bits per heavy atom. The first-order valence-corrected chi connectivity index (χ1v) is 10.7. The molecule has 0 radical (unpaired) electrons. The van der Waals surface area contributed by atoms with Crippen LogP contribution in [0.5, 0.6) is 0 Å². The van der Waals surface area contributed by atoms with E-state index in [9.17, 15) is 12.8 Å². The molecule has 1 saturated heterocycles. The molecule has 7 heteroatoms. The molecule has 2 aromatic rings. The third-order valence-corrected chi connectivity index (χ3v) is 6.41. The summed E-state index contributed by atoms with van der Waals surface area (Å²) in [7, 11) is -1.70. The Morgan fingerprint density at radius 2 is 1.78 bits per heavy atom. The van der Waals surface area contributed by atoms with Gasteiger partial charge in [0.1, 0.15) is 10.7 Å². The van der Waals surface area contributed by atoms with E-state index >= 15 is 0 Å². The molecule has 1 N–H and O–H groups in total. The van der Waals surface area contributed by atoms with Crippen molar-refractivity contribution in [2.45, 2.75) is 17.4 Å². The molecule has 1 aliphatic heterocycles. The van der Waals surface area contributed by atoms with Crippen molar-refractivity contribution in [3.8, 4) is 0 Å². The molecule has 1 atom stereocenters. The lowest BCUT2D eigenvalue weighted by atomic mass is 10.0. The first-order valence-electron chi connectivity index (χ1n) is 9.19. The highest BCUT2D eigenvalue weighted by Crippen LogP contribution is 2.24. The number of hydrogen-bond donors (Lipinski definition) is 1. The van der Waals surface area contributed by atoms with Crippen molar-refractivity contribution in [2.75, 3.05) is 39.8 Å². The standard InChI is InChI=1S/C20H26FN3O2S/c1-23-14-15-24(19(16-23)17-8-3-2-4-9-17)13-7-12-22-27(25,26)20-11-6-5-10-18(20)21/h2-6,8-11,19,22H,7,12-16H2,1H3/t19-/m0/s1. The van der Waals surface area contributed by atoms with Gasteiger partial charge < -0.3 is 4.90 Å². The molecule has 1 fully saturated rings. The molecule has 0 unspecified atom stereocenters. The third-order valence-electron chi connectivity index (χ3n) is 4.92. The smallest absolute Gasteiger partial charge is 0.243 e. The first kappa shape index (κ1) is 19.9. The Morgan fingerprint density at radius 1 is 1.07 bits per heavy atom. The van der Waals surface area contributed by atoms with E-state index in [0.717, 1.165) is 32.2 Å². The van der Waals surface area contributed by atoms with Crippen molar-refractivity contribution < 1.29 is 12.8 Å². The molecule has 1 heterocycles. The zero-order valence-corrected chi connectivity index (χ0v) is 16.3. The van der Waals surface area contributed by atoms with E-state index in [1.54, 1.807) is 0 Å². The summed E-state index contributed by atoms with van der Waals surface area (Å²) in [6.45, 7) is 3.95. The second kappa shape index (κ2) is 8.93. The topological polar surface area (TPSA) is 52.6 Å². The highest BCUT2D eigenvalue weighted by atomic mass is 32.2. The van der Waals surface area contributed by atoms with E-state index < -0.39 is 15.8 Å². The predicted molar refractivity (Wildman–Crippen MR) is 104 cm³/mol. The quantitative estimate of drug-likeness (QED) is 0.737. The zero-order valence-electron chi connectivity index (χ0n) is 15.5. The van der Waals surface area contributed by atoms with Gasteiger partial charge in [0.05, 0.1) is 0 Å². The van der Waals surface area contributed by atoms with Crippen molar-refractivity contribution in [3.63, 3.8) is 0 Å². The van der Waals surface area contributed by atoms with E-state index in [0.29, 0.717) is 12.5 Å².